The quantitative estimate of drug-likeness (QED) is 0.667. The van der Waals surface area contributed by atoms with Crippen LogP contribution in [0.25, 0.3) is 0 Å². The summed E-state index contributed by atoms with van der Waals surface area (Å²) >= 11 is 0. The minimum atomic E-state index is -3.67. The zero-order valence-electron chi connectivity index (χ0n) is 10.5. The highest BCUT2D eigenvalue weighted by Gasteiger charge is 2.30. The fourth-order valence-corrected chi connectivity index (χ4v) is 3.85. The monoisotopic (exact) mass is 285 g/mol. The number of rotatable bonds is 4. The lowest BCUT2D eigenvalue weighted by Crippen LogP contribution is -2.28. The first-order valence-electron chi connectivity index (χ1n) is 5.93. The highest BCUT2D eigenvalue weighted by molar-refractivity contribution is 7.89. The minimum absolute atomic E-state index is 0.0360. The minimum Gasteiger partial charge on any atom is -0.387 e. The molecule has 0 unspecified atom stereocenters. The molecule has 19 heavy (non-hydrogen) atoms. The van der Waals surface area contributed by atoms with E-state index < -0.39 is 14.9 Å². The summed E-state index contributed by atoms with van der Waals surface area (Å²) in [7, 11) is -2.08. The Hall–Kier alpha value is -1.67. The van der Waals surface area contributed by atoms with Crippen LogP contribution in [0.3, 0.4) is 0 Å². The van der Waals surface area contributed by atoms with Gasteiger partial charge in [-0.05, 0) is 18.9 Å². The van der Waals surface area contributed by atoms with Gasteiger partial charge in [-0.25, -0.2) is 8.42 Å². The van der Waals surface area contributed by atoms with Gasteiger partial charge in [0.05, 0.1) is 10.6 Å². The molecular weight excluding hydrogens is 270 g/mol. The number of sulfonamides is 1. The van der Waals surface area contributed by atoms with Gasteiger partial charge in [-0.15, -0.1) is 0 Å². The number of hydrogen-bond donors (Lipinski definition) is 1. The average Bonchev–Trinajstić information content (AvgIpc) is 2.92. The van der Waals surface area contributed by atoms with E-state index in [1.165, 1.54) is 16.4 Å². The number of hydrogen-bond acceptors (Lipinski definition) is 5. The molecule has 8 heteroatoms. The largest absolute Gasteiger partial charge is 0.387 e. The summed E-state index contributed by atoms with van der Waals surface area (Å²) in [6, 6.07) is 3.81. The average molecular weight is 285 g/mol. The van der Waals surface area contributed by atoms with Crippen molar-refractivity contribution in [3.63, 3.8) is 0 Å². The van der Waals surface area contributed by atoms with Crippen molar-refractivity contribution in [2.75, 3.05) is 25.5 Å². The van der Waals surface area contributed by atoms with Crippen LogP contribution in [0.15, 0.2) is 23.1 Å². The van der Waals surface area contributed by atoms with Gasteiger partial charge in [0.2, 0.25) is 10.0 Å². The van der Waals surface area contributed by atoms with Crippen molar-refractivity contribution in [3.8, 4) is 0 Å². The molecule has 0 atom stereocenters. The van der Waals surface area contributed by atoms with E-state index in [4.69, 9.17) is 0 Å². The van der Waals surface area contributed by atoms with Crippen molar-refractivity contribution in [3.05, 3.63) is 28.3 Å². The molecule has 104 valence electrons. The maximum Gasteiger partial charge on any atom is 0.270 e. The molecule has 1 fully saturated rings. The van der Waals surface area contributed by atoms with Crippen LogP contribution in [0, 0.1) is 10.1 Å². The second-order valence-corrected chi connectivity index (χ2v) is 6.21. The van der Waals surface area contributed by atoms with Crippen LogP contribution in [-0.2, 0) is 10.0 Å². The Morgan fingerprint density at radius 3 is 2.47 bits per heavy atom. The van der Waals surface area contributed by atoms with Gasteiger partial charge in [0.25, 0.3) is 5.69 Å². The first-order chi connectivity index (χ1) is 8.96. The number of nitrogens with zero attached hydrogens (tertiary/aromatic N) is 2. The number of non-ortho nitro benzene ring substituents is 1. The lowest BCUT2D eigenvalue weighted by molar-refractivity contribution is -0.385. The van der Waals surface area contributed by atoms with Crippen LogP contribution in [-0.4, -0.2) is 37.8 Å². The van der Waals surface area contributed by atoms with Gasteiger partial charge in [-0.3, -0.25) is 10.1 Å². The molecule has 0 spiro atoms. The van der Waals surface area contributed by atoms with Crippen LogP contribution in [0.1, 0.15) is 12.8 Å². The van der Waals surface area contributed by atoms with E-state index in [1.54, 1.807) is 7.05 Å². The molecule has 2 rings (SSSR count). The molecule has 1 heterocycles. The third-order valence-corrected chi connectivity index (χ3v) is 5.07. The van der Waals surface area contributed by atoms with Crippen LogP contribution in [0.5, 0.6) is 0 Å². The molecule has 0 aromatic heterocycles. The molecule has 0 aliphatic carbocycles. The summed E-state index contributed by atoms with van der Waals surface area (Å²) in [5.74, 6) is 0. The zero-order chi connectivity index (χ0) is 14.0. The Morgan fingerprint density at radius 2 is 1.95 bits per heavy atom. The van der Waals surface area contributed by atoms with Gasteiger partial charge in [0.15, 0.2) is 0 Å². The molecule has 1 saturated heterocycles. The third kappa shape index (κ3) is 2.54. The van der Waals surface area contributed by atoms with Gasteiger partial charge in [-0.1, -0.05) is 0 Å². The molecule has 0 amide bonds. The van der Waals surface area contributed by atoms with Crippen molar-refractivity contribution in [2.24, 2.45) is 0 Å². The molecule has 0 bridgehead atoms. The molecule has 1 aromatic rings. The fraction of sp³-hybridized carbons (Fsp3) is 0.455. The third-order valence-electron chi connectivity index (χ3n) is 3.13. The smallest absolute Gasteiger partial charge is 0.270 e. The molecule has 7 nitrogen and oxygen atoms in total. The van der Waals surface area contributed by atoms with E-state index in [0.717, 1.165) is 18.9 Å². The second kappa shape index (κ2) is 5.14. The van der Waals surface area contributed by atoms with Crippen molar-refractivity contribution >= 4 is 21.4 Å². The van der Waals surface area contributed by atoms with Crippen LogP contribution in [0.2, 0.25) is 0 Å². The van der Waals surface area contributed by atoms with E-state index in [1.807, 2.05) is 0 Å². The molecule has 1 aliphatic heterocycles. The molecule has 0 radical (unpaired) electrons. The maximum absolute atomic E-state index is 12.5. The van der Waals surface area contributed by atoms with Crippen LogP contribution >= 0.6 is 0 Å². The van der Waals surface area contributed by atoms with Crippen molar-refractivity contribution in [2.45, 2.75) is 17.7 Å². The predicted molar refractivity (Wildman–Crippen MR) is 70.6 cm³/mol. The van der Waals surface area contributed by atoms with Gasteiger partial charge in [0.1, 0.15) is 4.90 Å². The summed E-state index contributed by atoms with van der Waals surface area (Å²) in [4.78, 5) is 10.1. The van der Waals surface area contributed by atoms with Gasteiger partial charge in [-0.2, -0.15) is 4.31 Å². The lowest BCUT2D eigenvalue weighted by Gasteiger charge is -2.17. The lowest BCUT2D eigenvalue weighted by atomic mass is 10.3. The van der Waals surface area contributed by atoms with Crippen molar-refractivity contribution in [1.29, 1.82) is 0 Å². The van der Waals surface area contributed by atoms with Gasteiger partial charge < -0.3 is 5.32 Å². The number of anilines is 1. The predicted octanol–water partition coefficient (Wildman–Crippen LogP) is 1.42. The zero-order valence-corrected chi connectivity index (χ0v) is 11.3. The number of nitro groups is 1. The van der Waals surface area contributed by atoms with E-state index in [0.29, 0.717) is 18.8 Å². The first kappa shape index (κ1) is 13.8. The molecule has 1 aromatic carbocycles. The van der Waals surface area contributed by atoms with E-state index >= 15 is 0 Å². The van der Waals surface area contributed by atoms with Crippen LogP contribution in [0.4, 0.5) is 11.4 Å². The normalized spacial score (nSPS) is 16.5. The summed E-state index contributed by atoms with van der Waals surface area (Å²) in [6.07, 6.45) is 1.64. The Bertz CT molecular complexity index is 594. The fourth-order valence-electron chi connectivity index (χ4n) is 2.11. The highest BCUT2D eigenvalue weighted by atomic mass is 32.2. The molecule has 1 aliphatic rings. The molecule has 0 saturated carbocycles. The second-order valence-electron chi connectivity index (χ2n) is 4.30. The summed E-state index contributed by atoms with van der Waals surface area (Å²) in [6.45, 7) is 0.933. The Kier molecular flexibility index (Phi) is 3.72. The number of nitro benzene ring substituents is 1. The van der Waals surface area contributed by atoms with Crippen molar-refractivity contribution in [1.82, 2.24) is 4.31 Å². The Morgan fingerprint density at radius 1 is 1.32 bits per heavy atom. The Labute approximate surface area is 111 Å². The molecular formula is C11H15N3O4S. The van der Waals surface area contributed by atoms with E-state index in [9.17, 15) is 18.5 Å². The maximum atomic E-state index is 12.5. The SMILES string of the molecule is CNc1ccc([N+](=O)[O-])cc1S(=O)(=O)N1CCCC1. The molecule has 1 N–H and O–H groups in total. The van der Waals surface area contributed by atoms with Gasteiger partial charge in [0, 0.05) is 32.3 Å². The van der Waals surface area contributed by atoms with E-state index in [-0.39, 0.29) is 10.6 Å². The standard InChI is InChI=1S/C11H15N3O4S/c1-12-10-5-4-9(14(15)16)8-11(10)19(17,18)13-6-2-3-7-13/h4-5,8,12H,2-3,6-7H2,1H3. The van der Waals surface area contributed by atoms with E-state index in [2.05, 4.69) is 5.32 Å². The topological polar surface area (TPSA) is 92.5 Å². The summed E-state index contributed by atoms with van der Waals surface area (Å²) in [5, 5.41) is 13.5. The van der Waals surface area contributed by atoms with Gasteiger partial charge >= 0.3 is 0 Å². The van der Waals surface area contributed by atoms with Crippen LogP contribution < -0.4 is 5.32 Å². The highest BCUT2D eigenvalue weighted by Crippen LogP contribution is 2.30. The Balaban J connectivity index is 2.52. The number of benzene rings is 1. The first-order valence-corrected chi connectivity index (χ1v) is 7.37. The number of nitrogens with one attached hydrogen (secondary N) is 1. The summed E-state index contributed by atoms with van der Waals surface area (Å²) in [5.41, 5.74) is 0.147. The van der Waals surface area contributed by atoms with Crippen molar-refractivity contribution < 1.29 is 13.3 Å². The summed E-state index contributed by atoms with van der Waals surface area (Å²) < 4.78 is 26.3.